The fourth-order valence-electron chi connectivity index (χ4n) is 2.17. The van der Waals surface area contributed by atoms with Crippen molar-refractivity contribution in [3.05, 3.63) is 38.3 Å². The van der Waals surface area contributed by atoms with E-state index in [-0.39, 0.29) is 17.0 Å². The molecule has 0 heterocycles. The third-order valence-electron chi connectivity index (χ3n) is 3.82. The molecule has 0 aliphatic heterocycles. The van der Waals surface area contributed by atoms with E-state index in [1.807, 2.05) is 0 Å². The number of nitrogens with one attached hydrogen (secondary N) is 1. The minimum Gasteiger partial charge on any atom is -0.385 e. The third-order valence-corrected chi connectivity index (χ3v) is 4.49. The van der Waals surface area contributed by atoms with Crippen molar-refractivity contribution in [1.29, 1.82) is 0 Å². The molecular weight excluding hydrogens is 340 g/mol. The Labute approximate surface area is 131 Å². The Morgan fingerprint density at radius 2 is 2.24 bits per heavy atom. The number of benzene rings is 1. The average Bonchev–Trinajstić information content (AvgIpc) is 3.23. The van der Waals surface area contributed by atoms with E-state index >= 15 is 0 Å². The zero-order valence-corrected chi connectivity index (χ0v) is 13.3. The Morgan fingerprint density at radius 1 is 1.52 bits per heavy atom. The number of ether oxygens (including phenoxy) is 1. The van der Waals surface area contributed by atoms with Crippen molar-refractivity contribution in [3.63, 3.8) is 0 Å². The first-order chi connectivity index (χ1) is 9.97. The second-order valence-electron chi connectivity index (χ2n) is 5.35. The first-order valence-electron chi connectivity index (χ1n) is 6.68. The van der Waals surface area contributed by atoms with Gasteiger partial charge < -0.3 is 10.1 Å². The number of halogens is 1. The summed E-state index contributed by atoms with van der Waals surface area (Å²) in [4.78, 5) is 22.5. The van der Waals surface area contributed by atoms with E-state index in [0.29, 0.717) is 23.2 Å². The number of methoxy groups -OCH3 is 1. The number of carbonyl (C=O) groups is 1. The Kier molecular flexibility index (Phi) is 4.95. The molecule has 0 spiro atoms. The highest BCUT2D eigenvalue weighted by molar-refractivity contribution is 9.10. The zero-order chi connectivity index (χ0) is 15.5. The summed E-state index contributed by atoms with van der Waals surface area (Å²) in [7, 11) is 1.66. The summed E-state index contributed by atoms with van der Waals surface area (Å²) in [5.41, 5.74) is 0.336. The molecule has 21 heavy (non-hydrogen) atoms. The first-order valence-corrected chi connectivity index (χ1v) is 7.48. The second-order valence-corrected chi connectivity index (χ2v) is 6.20. The van der Waals surface area contributed by atoms with Crippen LogP contribution in [0.3, 0.4) is 0 Å². The van der Waals surface area contributed by atoms with Gasteiger partial charge in [-0.2, -0.15) is 0 Å². The van der Waals surface area contributed by atoms with Crippen LogP contribution in [0.25, 0.3) is 0 Å². The summed E-state index contributed by atoms with van der Waals surface area (Å²) in [6, 6.07) is 4.38. The van der Waals surface area contributed by atoms with Crippen LogP contribution in [-0.4, -0.2) is 31.1 Å². The smallest absolute Gasteiger partial charge is 0.284 e. The van der Waals surface area contributed by atoms with Crippen molar-refractivity contribution in [2.45, 2.75) is 19.3 Å². The van der Waals surface area contributed by atoms with Gasteiger partial charge in [0.2, 0.25) is 0 Å². The lowest BCUT2D eigenvalue weighted by Crippen LogP contribution is -2.30. The standard InChI is InChI=1S/C14H17BrN2O4/c1-21-7-6-14(4-5-14)9-16-13(18)10-2-3-11(15)12(8-10)17(19)20/h2-3,8H,4-7,9H2,1H3,(H,16,18). The molecular formula is C14H17BrN2O4. The Morgan fingerprint density at radius 3 is 2.81 bits per heavy atom. The maximum atomic E-state index is 12.1. The van der Waals surface area contributed by atoms with E-state index in [4.69, 9.17) is 4.74 Å². The largest absolute Gasteiger partial charge is 0.385 e. The highest BCUT2D eigenvalue weighted by Crippen LogP contribution is 2.48. The number of hydrogen-bond acceptors (Lipinski definition) is 4. The molecule has 2 rings (SSSR count). The van der Waals surface area contributed by atoms with Gasteiger partial charge in [0.25, 0.3) is 11.6 Å². The van der Waals surface area contributed by atoms with Crippen molar-refractivity contribution < 1.29 is 14.5 Å². The maximum absolute atomic E-state index is 12.1. The fourth-order valence-corrected chi connectivity index (χ4v) is 2.57. The summed E-state index contributed by atoms with van der Waals surface area (Å²) in [6.45, 7) is 1.26. The van der Waals surface area contributed by atoms with Crippen LogP contribution in [-0.2, 0) is 4.74 Å². The van der Waals surface area contributed by atoms with Gasteiger partial charge in [0.15, 0.2) is 0 Å². The molecule has 0 aromatic heterocycles. The predicted octanol–water partition coefficient (Wildman–Crippen LogP) is 2.90. The number of amides is 1. The van der Waals surface area contributed by atoms with E-state index < -0.39 is 4.92 Å². The number of nitrogens with zero attached hydrogens (tertiary/aromatic N) is 1. The molecule has 0 unspecified atom stereocenters. The van der Waals surface area contributed by atoms with Crippen molar-refractivity contribution in [2.75, 3.05) is 20.3 Å². The molecule has 1 amide bonds. The van der Waals surface area contributed by atoms with Gasteiger partial charge in [-0.25, -0.2) is 0 Å². The molecule has 0 atom stereocenters. The summed E-state index contributed by atoms with van der Waals surface area (Å²) >= 11 is 3.10. The fraction of sp³-hybridized carbons (Fsp3) is 0.500. The van der Waals surface area contributed by atoms with Crippen LogP contribution in [0.4, 0.5) is 5.69 Å². The third kappa shape index (κ3) is 4.01. The normalized spacial score (nSPS) is 15.5. The highest BCUT2D eigenvalue weighted by Gasteiger charge is 2.42. The van der Waals surface area contributed by atoms with Crippen LogP contribution in [0, 0.1) is 15.5 Å². The molecule has 1 aliphatic carbocycles. The predicted molar refractivity (Wildman–Crippen MR) is 81.3 cm³/mol. The number of nitro groups is 1. The van der Waals surface area contributed by atoms with Gasteiger partial charge in [-0.15, -0.1) is 0 Å². The molecule has 1 saturated carbocycles. The molecule has 114 valence electrons. The minimum atomic E-state index is -0.512. The van der Waals surface area contributed by atoms with E-state index in [9.17, 15) is 14.9 Å². The van der Waals surface area contributed by atoms with E-state index in [2.05, 4.69) is 21.2 Å². The van der Waals surface area contributed by atoms with Crippen molar-refractivity contribution in [3.8, 4) is 0 Å². The number of hydrogen-bond donors (Lipinski definition) is 1. The van der Waals surface area contributed by atoms with Gasteiger partial charge in [-0.1, -0.05) is 0 Å². The average molecular weight is 357 g/mol. The summed E-state index contributed by atoms with van der Waals surface area (Å²) in [6.07, 6.45) is 3.08. The number of carbonyl (C=O) groups excluding carboxylic acids is 1. The topological polar surface area (TPSA) is 81.5 Å². The van der Waals surface area contributed by atoms with Crippen LogP contribution < -0.4 is 5.32 Å². The second kappa shape index (κ2) is 6.53. The van der Waals surface area contributed by atoms with Crippen molar-refractivity contribution in [1.82, 2.24) is 5.32 Å². The van der Waals surface area contributed by atoms with Gasteiger partial charge in [-0.3, -0.25) is 14.9 Å². The lowest BCUT2D eigenvalue weighted by Gasteiger charge is -2.15. The molecule has 1 aliphatic rings. The van der Waals surface area contributed by atoms with Gasteiger partial charge >= 0.3 is 0 Å². The first kappa shape index (κ1) is 15.9. The molecule has 7 heteroatoms. The molecule has 0 bridgehead atoms. The summed E-state index contributed by atoms with van der Waals surface area (Å²) in [5.74, 6) is -0.283. The Bertz CT molecular complexity index is 558. The van der Waals surface area contributed by atoms with Crippen LogP contribution in [0.2, 0.25) is 0 Å². The molecule has 1 aromatic rings. The van der Waals surface area contributed by atoms with E-state index in [0.717, 1.165) is 19.3 Å². The monoisotopic (exact) mass is 356 g/mol. The Balaban J connectivity index is 1.98. The maximum Gasteiger partial charge on any atom is 0.284 e. The van der Waals surface area contributed by atoms with Crippen LogP contribution in [0.5, 0.6) is 0 Å². The quantitative estimate of drug-likeness (QED) is 0.601. The molecule has 0 saturated heterocycles. The zero-order valence-electron chi connectivity index (χ0n) is 11.7. The lowest BCUT2D eigenvalue weighted by molar-refractivity contribution is -0.385. The van der Waals surface area contributed by atoms with Crippen molar-refractivity contribution >= 4 is 27.5 Å². The number of rotatable bonds is 7. The minimum absolute atomic E-state index is 0.108. The summed E-state index contributed by atoms with van der Waals surface area (Å²) in [5, 5.41) is 13.7. The van der Waals surface area contributed by atoms with E-state index in [1.165, 1.54) is 12.1 Å². The van der Waals surface area contributed by atoms with Gasteiger partial charge in [0, 0.05) is 31.9 Å². The van der Waals surface area contributed by atoms with Crippen LogP contribution in [0.15, 0.2) is 22.7 Å². The van der Waals surface area contributed by atoms with Gasteiger partial charge in [0.05, 0.1) is 9.40 Å². The lowest BCUT2D eigenvalue weighted by atomic mass is 10.0. The summed E-state index contributed by atoms with van der Waals surface area (Å²) < 4.78 is 5.44. The van der Waals surface area contributed by atoms with Crippen molar-refractivity contribution in [2.24, 2.45) is 5.41 Å². The molecule has 0 radical (unpaired) electrons. The molecule has 1 fully saturated rings. The SMILES string of the molecule is COCCC1(CNC(=O)c2ccc(Br)c([N+](=O)[O-])c2)CC1. The highest BCUT2D eigenvalue weighted by atomic mass is 79.9. The van der Waals surface area contributed by atoms with Gasteiger partial charge in [0.1, 0.15) is 0 Å². The molecule has 1 N–H and O–H groups in total. The Hall–Kier alpha value is -1.47. The number of nitro benzene ring substituents is 1. The van der Waals surface area contributed by atoms with E-state index in [1.54, 1.807) is 13.2 Å². The molecule has 1 aromatic carbocycles. The van der Waals surface area contributed by atoms with Crippen LogP contribution in [0.1, 0.15) is 29.6 Å². The molecule has 6 nitrogen and oxygen atoms in total. The van der Waals surface area contributed by atoms with Gasteiger partial charge in [-0.05, 0) is 52.7 Å². The van der Waals surface area contributed by atoms with Crippen LogP contribution >= 0.6 is 15.9 Å².